The average Bonchev–Trinajstić information content (AvgIpc) is 3.23. The van der Waals surface area contributed by atoms with Gasteiger partial charge in [0.05, 0.1) is 12.6 Å². The number of nitrogens with zero attached hydrogens (tertiary/aromatic N) is 3. The van der Waals surface area contributed by atoms with E-state index >= 15 is 0 Å². The van der Waals surface area contributed by atoms with E-state index in [1.807, 2.05) is 32.0 Å². The topological polar surface area (TPSA) is 71.3 Å². The summed E-state index contributed by atoms with van der Waals surface area (Å²) >= 11 is 0. The van der Waals surface area contributed by atoms with E-state index in [9.17, 15) is 4.79 Å². The summed E-state index contributed by atoms with van der Waals surface area (Å²) in [5.74, 6) is 1.63. The number of hydrogen-bond donors (Lipinski definition) is 1. The van der Waals surface area contributed by atoms with Crippen molar-refractivity contribution < 1.29 is 9.32 Å². The van der Waals surface area contributed by atoms with E-state index in [-0.39, 0.29) is 17.9 Å². The number of likely N-dealkylation sites (tertiary alicyclic amines) is 1. The zero-order chi connectivity index (χ0) is 17.8. The largest absolute Gasteiger partial charge is 0.351 e. The summed E-state index contributed by atoms with van der Waals surface area (Å²) in [4.78, 5) is 19.0. The number of carbonyl (C=O) groups is 1. The highest BCUT2D eigenvalue weighted by Crippen LogP contribution is 2.31. The Morgan fingerprint density at radius 3 is 2.92 bits per heavy atom. The molecule has 1 saturated heterocycles. The number of aromatic nitrogens is 2. The molecule has 1 N–H and O–H groups in total. The lowest BCUT2D eigenvalue weighted by molar-refractivity contribution is -0.122. The highest BCUT2D eigenvalue weighted by molar-refractivity contribution is 5.78. The molecular formula is C19H26N4O2. The molecule has 1 amide bonds. The highest BCUT2D eigenvalue weighted by atomic mass is 16.5. The van der Waals surface area contributed by atoms with Gasteiger partial charge in [-0.3, -0.25) is 9.69 Å². The van der Waals surface area contributed by atoms with E-state index in [1.165, 1.54) is 5.56 Å². The Kier molecular flexibility index (Phi) is 5.48. The van der Waals surface area contributed by atoms with Crippen LogP contribution in [0.4, 0.5) is 0 Å². The zero-order valence-corrected chi connectivity index (χ0v) is 15.2. The van der Waals surface area contributed by atoms with Crippen LogP contribution in [0.3, 0.4) is 0 Å². The van der Waals surface area contributed by atoms with Gasteiger partial charge in [0.2, 0.25) is 11.8 Å². The molecule has 3 rings (SSSR count). The summed E-state index contributed by atoms with van der Waals surface area (Å²) in [6.45, 7) is 7.93. The number of benzene rings is 1. The van der Waals surface area contributed by atoms with Gasteiger partial charge in [-0.1, -0.05) is 43.3 Å². The molecule has 0 bridgehead atoms. The predicted molar refractivity (Wildman–Crippen MR) is 95.0 cm³/mol. The number of nitrogens with one attached hydrogen (secondary N) is 1. The Labute approximate surface area is 148 Å². The summed E-state index contributed by atoms with van der Waals surface area (Å²) in [6, 6.07) is 8.14. The maximum Gasteiger partial charge on any atom is 0.244 e. The first-order valence-electron chi connectivity index (χ1n) is 8.93. The number of rotatable bonds is 6. The van der Waals surface area contributed by atoms with Crippen LogP contribution < -0.4 is 5.32 Å². The lowest BCUT2D eigenvalue weighted by Crippen LogP contribution is -2.36. The summed E-state index contributed by atoms with van der Waals surface area (Å²) < 4.78 is 5.43. The lowest BCUT2D eigenvalue weighted by atomic mass is 10.1. The molecule has 0 unspecified atom stereocenters. The highest BCUT2D eigenvalue weighted by Gasteiger charge is 2.32. The molecule has 0 saturated carbocycles. The first-order chi connectivity index (χ1) is 12.0. The fourth-order valence-corrected chi connectivity index (χ4v) is 3.15. The SMILES string of the molecule is Cc1ccccc1CNC(=O)CN1CCC[C@H]1c1nc(C(C)C)no1. The minimum atomic E-state index is 0.0266. The maximum atomic E-state index is 12.4. The molecule has 1 aliphatic heterocycles. The van der Waals surface area contributed by atoms with Gasteiger partial charge in [0.25, 0.3) is 0 Å². The van der Waals surface area contributed by atoms with Crippen molar-refractivity contribution in [2.24, 2.45) is 0 Å². The molecule has 2 heterocycles. The van der Waals surface area contributed by atoms with Crippen LogP contribution in [-0.4, -0.2) is 34.0 Å². The molecule has 25 heavy (non-hydrogen) atoms. The second-order valence-corrected chi connectivity index (χ2v) is 6.98. The van der Waals surface area contributed by atoms with Crippen molar-refractivity contribution in [2.45, 2.75) is 52.1 Å². The lowest BCUT2D eigenvalue weighted by Gasteiger charge is -2.20. The molecule has 1 atom stereocenters. The van der Waals surface area contributed by atoms with Crippen LogP contribution in [0.15, 0.2) is 28.8 Å². The van der Waals surface area contributed by atoms with Crippen molar-refractivity contribution in [1.82, 2.24) is 20.4 Å². The van der Waals surface area contributed by atoms with Gasteiger partial charge in [0, 0.05) is 12.5 Å². The van der Waals surface area contributed by atoms with Gasteiger partial charge in [0.15, 0.2) is 5.82 Å². The molecule has 1 aromatic carbocycles. The van der Waals surface area contributed by atoms with Gasteiger partial charge in [-0.15, -0.1) is 0 Å². The van der Waals surface area contributed by atoms with Crippen molar-refractivity contribution >= 4 is 5.91 Å². The van der Waals surface area contributed by atoms with E-state index in [0.29, 0.717) is 19.0 Å². The number of amides is 1. The minimum Gasteiger partial charge on any atom is -0.351 e. The van der Waals surface area contributed by atoms with Crippen LogP contribution in [0.2, 0.25) is 0 Å². The van der Waals surface area contributed by atoms with E-state index in [2.05, 4.69) is 33.3 Å². The van der Waals surface area contributed by atoms with Crippen LogP contribution in [0, 0.1) is 6.92 Å². The van der Waals surface area contributed by atoms with Crippen LogP contribution in [-0.2, 0) is 11.3 Å². The van der Waals surface area contributed by atoms with Crippen molar-refractivity contribution in [3.05, 3.63) is 47.1 Å². The summed E-state index contributed by atoms with van der Waals surface area (Å²) in [5.41, 5.74) is 2.33. The van der Waals surface area contributed by atoms with Gasteiger partial charge in [-0.2, -0.15) is 4.98 Å². The molecule has 1 fully saturated rings. The van der Waals surface area contributed by atoms with Crippen molar-refractivity contribution in [3.63, 3.8) is 0 Å². The standard InChI is InChI=1S/C19H26N4O2/c1-13(2)18-21-19(25-22-18)16-9-6-10-23(16)12-17(24)20-11-15-8-5-4-7-14(15)3/h4-5,7-8,13,16H,6,9-12H2,1-3H3,(H,20,24)/t16-/m0/s1. The van der Waals surface area contributed by atoms with Crippen LogP contribution in [0.5, 0.6) is 0 Å². The third-order valence-electron chi connectivity index (χ3n) is 4.71. The Bertz CT molecular complexity index is 726. The Balaban J connectivity index is 1.57. The van der Waals surface area contributed by atoms with Gasteiger partial charge in [0.1, 0.15) is 0 Å². The van der Waals surface area contributed by atoms with Gasteiger partial charge >= 0.3 is 0 Å². The first-order valence-corrected chi connectivity index (χ1v) is 8.93. The zero-order valence-electron chi connectivity index (χ0n) is 15.2. The van der Waals surface area contributed by atoms with Crippen LogP contribution in [0.1, 0.15) is 61.5 Å². The smallest absolute Gasteiger partial charge is 0.244 e. The summed E-state index contributed by atoms with van der Waals surface area (Å²) in [5, 5.41) is 7.06. The molecule has 2 aromatic rings. The monoisotopic (exact) mass is 342 g/mol. The molecule has 0 radical (unpaired) electrons. The van der Waals surface area contributed by atoms with Crippen LogP contribution in [0.25, 0.3) is 0 Å². The Hall–Kier alpha value is -2.21. The average molecular weight is 342 g/mol. The minimum absolute atomic E-state index is 0.0266. The Morgan fingerprint density at radius 1 is 1.40 bits per heavy atom. The Morgan fingerprint density at radius 2 is 2.20 bits per heavy atom. The third-order valence-corrected chi connectivity index (χ3v) is 4.71. The van der Waals surface area contributed by atoms with E-state index in [0.717, 1.165) is 30.8 Å². The maximum absolute atomic E-state index is 12.4. The summed E-state index contributed by atoms with van der Waals surface area (Å²) in [6.07, 6.45) is 1.99. The second kappa shape index (κ2) is 7.78. The molecule has 1 aromatic heterocycles. The number of aryl methyl sites for hydroxylation is 1. The molecule has 0 aliphatic carbocycles. The molecule has 134 valence electrons. The van der Waals surface area contributed by atoms with E-state index in [4.69, 9.17) is 4.52 Å². The fraction of sp³-hybridized carbons (Fsp3) is 0.526. The van der Waals surface area contributed by atoms with Crippen LogP contribution >= 0.6 is 0 Å². The van der Waals surface area contributed by atoms with Gasteiger partial charge in [-0.25, -0.2) is 0 Å². The fourth-order valence-electron chi connectivity index (χ4n) is 3.15. The second-order valence-electron chi connectivity index (χ2n) is 6.98. The molecule has 6 heteroatoms. The van der Waals surface area contributed by atoms with Crippen molar-refractivity contribution in [2.75, 3.05) is 13.1 Å². The number of hydrogen-bond acceptors (Lipinski definition) is 5. The molecule has 0 spiro atoms. The number of carbonyl (C=O) groups excluding carboxylic acids is 1. The predicted octanol–water partition coefficient (Wildman–Crippen LogP) is 2.95. The van der Waals surface area contributed by atoms with Gasteiger partial charge < -0.3 is 9.84 Å². The van der Waals surface area contributed by atoms with Crippen molar-refractivity contribution in [1.29, 1.82) is 0 Å². The van der Waals surface area contributed by atoms with Crippen molar-refractivity contribution in [3.8, 4) is 0 Å². The third kappa shape index (κ3) is 4.25. The van der Waals surface area contributed by atoms with E-state index < -0.39 is 0 Å². The quantitative estimate of drug-likeness (QED) is 0.874. The molecule has 6 nitrogen and oxygen atoms in total. The normalized spacial score (nSPS) is 18.0. The summed E-state index contributed by atoms with van der Waals surface area (Å²) in [7, 11) is 0. The van der Waals surface area contributed by atoms with E-state index in [1.54, 1.807) is 0 Å². The molecule has 1 aliphatic rings. The van der Waals surface area contributed by atoms with Gasteiger partial charge in [-0.05, 0) is 37.4 Å². The first kappa shape index (κ1) is 17.6. The molecular weight excluding hydrogens is 316 g/mol.